The lowest BCUT2D eigenvalue weighted by Crippen LogP contribution is -2.41. The highest BCUT2D eigenvalue weighted by Gasteiger charge is 2.39. The van der Waals surface area contributed by atoms with Crippen LogP contribution in [0.25, 0.3) is 28.0 Å². The van der Waals surface area contributed by atoms with Gasteiger partial charge in [0.2, 0.25) is 0 Å². The van der Waals surface area contributed by atoms with Gasteiger partial charge in [0.05, 0.1) is 31.0 Å². The number of aromatic nitrogens is 4. The van der Waals surface area contributed by atoms with Gasteiger partial charge in [-0.3, -0.25) is 9.78 Å². The van der Waals surface area contributed by atoms with Gasteiger partial charge in [0.1, 0.15) is 27.1 Å². The smallest absolute Gasteiger partial charge is 0.308 e. The first-order valence-corrected chi connectivity index (χ1v) is 26.1. The maximum Gasteiger partial charge on any atom is 0.308 e. The van der Waals surface area contributed by atoms with Crippen LogP contribution in [-0.2, 0) is 23.7 Å². The molecular formula is C39H58BN5O5Si2. The van der Waals surface area contributed by atoms with Gasteiger partial charge in [-0.2, -0.15) is 9.61 Å². The van der Waals surface area contributed by atoms with E-state index in [-0.39, 0.29) is 18.3 Å². The summed E-state index contributed by atoms with van der Waals surface area (Å²) in [6, 6.07) is 16.5. The number of benzene rings is 1. The fourth-order valence-corrected chi connectivity index (χ4v) is 8.37. The number of anilines is 1. The number of esters is 1. The zero-order chi connectivity index (χ0) is 37.5. The molecule has 0 radical (unpaired) electrons. The number of rotatable bonds is 17. The molecule has 0 atom stereocenters. The maximum atomic E-state index is 12.3. The first-order chi connectivity index (χ1) is 24.7. The summed E-state index contributed by atoms with van der Waals surface area (Å²) in [6.45, 7) is 16.4. The van der Waals surface area contributed by atoms with Gasteiger partial charge < -0.3 is 23.8 Å². The van der Waals surface area contributed by atoms with E-state index in [1.807, 2.05) is 35.1 Å². The molecule has 52 heavy (non-hydrogen) atoms. The molecule has 0 amide bonds. The van der Waals surface area contributed by atoms with Crippen molar-refractivity contribution in [3.05, 3.63) is 60.6 Å². The molecule has 1 saturated carbocycles. The summed E-state index contributed by atoms with van der Waals surface area (Å²) in [5, 5.41) is 4.97. The third kappa shape index (κ3) is 10.2. The Labute approximate surface area is 313 Å². The SMILES string of the molecule is Bc1c(N(COCC[Si](C)(C)C)COCC[Si](C)(C)C)n2ncc(-c3ccc(-c4ccccc4)nc3)c2nc1[C@H]1CC[C@@](CC(=O)OC)(OC)CC1. The molecule has 1 aliphatic carbocycles. The molecule has 280 valence electrons. The van der Waals surface area contributed by atoms with Crippen LogP contribution in [0.2, 0.25) is 51.4 Å². The first-order valence-electron chi connectivity index (χ1n) is 18.6. The predicted octanol–water partition coefficient (Wildman–Crippen LogP) is 6.75. The highest BCUT2D eigenvalue weighted by atomic mass is 28.3. The largest absolute Gasteiger partial charge is 0.469 e. The highest BCUT2D eigenvalue weighted by Crippen LogP contribution is 2.42. The van der Waals surface area contributed by atoms with Crippen LogP contribution in [0.1, 0.15) is 43.7 Å². The number of hydrogen-bond donors (Lipinski definition) is 0. The van der Waals surface area contributed by atoms with Crippen LogP contribution in [0.4, 0.5) is 5.82 Å². The average molecular weight is 744 g/mol. The predicted molar refractivity (Wildman–Crippen MR) is 218 cm³/mol. The number of methoxy groups -OCH3 is 2. The summed E-state index contributed by atoms with van der Waals surface area (Å²) < 4.78 is 25.8. The van der Waals surface area contributed by atoms with E-state index in [0.717, 1.165) is 82.8 Å². The number of pyridine rings is 1. The molecule has 0 unspecified atom stereocenters. The minimum Gasteiger partial charge on any atom is -0.469 e. The number of ether oxygens (including phenoxy) is 4. The summed E-state index contributed by atoms with van der Waals surface area (Å²) in [5.41, 5.74) is 6.20. The lowest BCUT2D eigenvalue weighted by atomic mass is 9.73. The van der Waals surface area contributed by atoms with Crippen molar-refractivity contribution < 1.29 is 23.7 Å². The molecule has 5 rings (SSSR count). The van der Waals surface area contributed by atoms with Gasteiger partial charge in [-0.25, -0.2) is 4.98 Å². The van der Waals surface area contributed by atoms with E-state index < -0.39 is 21.7 Å². The maximum absolute atomic E-state index is 12.3. The summed E-state index contributed by atoms with van der Waals surface area (Å²) in [5.74, 6) is 0.862. The van der Waals surface area contributed by atoms with Crippen molar-refractivity contribution >= 4 is 46.9 Å². The fourth-order valence-electron chi connectivity index (χ4n) is 6.85. The second-order valence-electron chi connectivity index (χ2n) is 16.7. The third-order valence-electron chi connectivity index (χ3n) is 10.2. The Balaban J connectivity index is 1.55. The lowest BCUT2D eigenvalue weighted by Gasteiger charge is -2.39. The van der Waals surface area contributed by atoms with Crippen LogP contribution < -0.4 is 10.4 Å². The van der Waals surface area contributed by atoms with Gasteiger partial charge in [-0.05, 0) is 49.3 Å². The Morgan fingerprint density at radius 2 is 1.54 bits per heavy atom. The van der Waals surface area contributed by atoms with Crippen molar-refractivity contribution in [2.75, 3.05) is 45.8 Å². The number of fused-ring (bicyclic) bond motifs is 1. The molecule has 0 saturated heterocycles. The zero-order valence-electron chi connectivity index (χ0n) is 32.8. The van der Waals surface area contributed by atoms with Crippen LogP contribution in [0.3, 0.4) is 0 Å². The van der Waals surface area contributed by atoms with E-state index in [1.165, 1.54) is 7.11 Å². The molecule has 0 bridgehead atoms. The van der Waals surface area contributed by atoms with E-state index in [4.69, 9.17) is 34.0 Å². The topological polar surface area (TPSA) is 100 Å². The van der Waals surface area contributed by atoms with Crippen LogP contribution >= 0.6 is 0 Å². The van der Waals surface area contributed by atoms with Crippen molar-refractivity contribution in [2.45, 2.75) is 95.0 Å². The van der Waals surface area contributed by atoms with Crippen LogP contribution in [0.15, 0.2) is 54.9 Å². The molecule has 1 aliphatic rings. The first kappa shape index (κ1) is 39.8. The van der Waals surface area contributed by atoms with Crippen molar-refractivity contribution in [3.8, 4) is 22.4 Å². The van der Waals surface area contributed by atoms with E-state index in [1.54, 1.807) is 7.11 Å². The standard InChI is InChI=1S/C39H58BN5O5Si2/c1-47-34(46)24-39(48-2)18-16-30(17-19-39)36-35(40)38(44(27-49-20-22-51(3,4)5)28-50-21-23-52(6,7)8)45-37(43-36)32(26-42-45)31-14-15-33(41-25-31)29-12-10-9-11-13-29/h9-15,25-26,30H,16-24,27-28,40H2,1-8H3/t30-,39+. The van der Waals surface area contributed by atoms with E-state index in [0.29, 0.717) is 26.7 Å². The molecule has 4 aromatic rings. The van der Waals surface area contributed by atoms with Crippen molar-refractivity contribution in [1.29, 1.82) is 0 Å². The molecule has 10 nitrogen and oxygen atoms in total. The molecule has 13 heteroatoms. The van der Waals surface area contributed by atoms with Crippen molar-refractivity contribution in [2.24, 2.45) is 0 Å². The Bertz CT molecular complexity index is 1750. The van der Waals surface area contributed by atoms with E-state index >= 15 is 0 Å². The molecular weight excluding hydrogens is 685 g/mol. The quantitative estimate of drug-likeness (QED) is 0.0503. The summed E-state index contributed by atoms with van der Waals surface area (Å²) in [4.78, 5) is 24.8. The molecule has 0 aliphatic heterocycles. The number of nitrogens with zero attached hydrogens (tertiary/aromatic N) is 5. The Hall–Kier alpha value is -3.36. The van der Waals surface area contributed by atoms with E-state index in [2.05, 4.69) is 76.3 Å². The van der Waals surface area contributed by atoms with Gasteiger partial charge in [-0.1, -0.05) is 75.7 Å². The van der Waals surface area contributed by atoms with Gasteiger partial charge in [0.15, 0.2) is 5.65 Å². The number of carbonyl (C=O) groups excluding carboxylic acids is 1. The molecule has 0 spiro atoms. The summed E-state index contributed by atoms with van der Waals surface area (Å²) in [6.07, 6.45) is 7.22. The lowest BCUT2D eigenvalue weighted by molar-refractivity contribution is -0.149. The normalized spacial score (nSPS) is 18.1. The third-order valence-corrected chi connectivity index (χ3v) is 13.6. The Morgan fingerprint density at radius 3 is 2.08 bits per heavy atom. The Morgan fingerprint density at radius 1 is 0.904 bits per heavy atom. The average Bonchev–Trinajstić information content (AvgIpc) is 3.54. The zero-order valence-corrected chi connectivity index (χ0v) is 34.8. The minimum atomic E-state index is -1.28. The van der Waals surface area contributed by atoms with Crippen LogP contribution in [-0.4, -0.2) is 96.0 Å². The fraction of sp³-hybridized carbons (Fsp3) is 0.538. The number of carbonyl (C=O) groups is 1. The summed E-state index contributed by atoms with van der Waals surface area (Å²) in [7, 11) is 2.73. The van der Waals surface area contributed by atoms with Crippen molar-refractivity contribution in [1.82, 2.24) is 19.6 Å². The molecule has 1 fully saturated rings. The molecule has 0 N–H and O–H groups in total. The molecule has 3 heterocycles. The second kappa shape index (κ2) is 17.2. The van der Waals surface area contributed by atoms with Crippen molar-refractivity contribution in [3.63, 3.8) is 0 Å². The van der Waals surface area contributed by atoms with Gasteiger partial charge >= 0.3 is 5.97 Å². The van der Waals surface area contributed by atoms with Crippen LogP contribution in [0, 0.1) is 0 Å². The minimum absolute atomic E-state index is 0.175. The molecule has 1 aromatic carbocycles. The van der Waals surface area contributed by atoms with Crippen LogP contribution in [0.5, 0.6) is 0 Å². The Kier molecular flexibility index (Phi) is 13.2. The molecule has 3 aromatic heterocycles. The highest BCUT2D eigenvalue weighted by molar-refractivity contribution is 6.76. The monoisotopic (exact) mass is 743 g/mol. The number of hydrogen-bond acceptors (Lipinski definition) is 9. The van der Waals surface area contributed by atoms with Gasteiger partial charge in [0.25, 0.3) is 0 Å². The van der Waals surface area contributed by atoms with Gasteiger partial charge in [-0.15, -0.1) is 0 Å². The summed E-state index contributed by atoms with van der Waals surface area (Å²) >= 11 is 0. The van der Waals surface area contributed by atoms with E-state index in [9.17, 15) is 4.79 Å². The second-order valence-corrected chi connectivity index (χ2v) is 27.9. The van der Waals surface area contributed by atoms with Gasteiger partial charge in [0, 0.05) is 71.0 Å².